The highest BCUT2D eigenvalue weighted by Gasteiger charge is 1.96. The summed E-state index contributed by atoms with van der Waals surface area (Å²) in [6.45, 7) is 0.452. The lowest BCUT2D eigenvalue weighted by molar-refractivity contribution is 0.112. The predicted octanol–water partition coefficient (Wildman–Crippen LogP) is 3.27. The van der Waals surface area contributed by atoms with E-state index < -0.39 is 0 Å². The maximum absolute atomic E-state index is 10.5. The highest BCUT2D eigenvalue weighted by molar-refractivity contribution is 7.08. The van der Waals surface area contributed by atoms with Crippen LogP contribution in [0.2, 0.25) is 0 Å². The third-order valence-corrected chi connectivity index (χ3v) is 2.39. The number of nitrogens with zero attached hydrogens (tertiary/aromatic N) is 3. The third-order valence-electron chi connectivity index (χ3n) is 1.61. The first-order chi connectivity index (χ1) is 6.88. The van der Waals surface area contributed by atoms with Crippen LogP contribution in [0, 0.1) is 0 Å². The van der Waals surface area contributed by atoms with Gasteiger partial charge in [0.2, 0.25) is 0 Å². The summed E-state index contributed by atoms with van der Waals surface area (Å²) in [7, 11) is 0. The van der Waals surface area contributed by atoms with E-state index in [9.17, 15) is 4.79 Å². The van der Waals surface area contributed by atoms with Crippen molar-refractivity contribution in [3.63, 3.8) is 0 Å². The number of azide groups is 1. The molecule has 4 nitrogen and oxygen atoms in total. The van der Waals surface area contributed by atoms with Crippen molar-refractivity contribution in [3.05, 3.63) is 38.4 Å². The first-order valence-electron chi connectivity index (χ1n) is 4.07. The first kappa shape index (κ1) is 10.5. The Morgan fingerprint density at radius 2 is 2.29 bits per heavy atom. The van der Waals surface area contributed by atoms with Crippen molar-refractivity contribution in [3.8, 4) is 0 Å². The second kappa shape index (κ2) is 5.96. The molecule has 0 N–H and O–H groups in total. The average molecular weight is 207 g/mol. The SMILES string of the molecule is [N-]=[N+]=NCCC=Cc1cscc1C=O. The standard InChI is InChI=1S/C9H9N3OS/c10-12-11-4-2-1-3-8-6-14-7-9(8)5-13/h1,3,5-7H,2,4H2. The lowest BCUT2D eigenvalue weighted by Crippen LogP contribution is -1.78. The van der Waals surface area contributed by atoms with Crippen LogP contribution in [-0.2, 0) is 0 Å². The molecule has 0 saturated heterocycles. The van der Waals surface area contributed by atoms with E-state index in [0.29, 0.717) is 18.5 Å². The zero-order valence-electron chi connectivity index (χ0n) is 7.46. The van der Waals surface area contributed by atoms with Crippen LogP contribution in [0.15, 0.2) is 22.0 Å². The van der Waals surface area contributed by atoms with E-state index in [2.05, 4.69) is 10.0 Å². The fourth-order valence-electron chi connectivity index (χ4n) is 0.935. The second-order valence-corrected chi connectivity index (χ2v) is 3.29. The van der Waals surface area contributed by atoms with Gasteiger partial charge in [0, 0.05) is 22.4 Å². The van der Waals surface area contributed by atoms with Gasteiger partial charge >= 0.3 is 0 Å². The fourth-order valence-corrected chi connectivity index (χ4v) is 1.70. The number of hydrogen-bond donors (Lipinski definition) is 0. The van der Waals surface area contributed by atoms with Crippen LogP contribution in [0.25, 0.3) is 16.5 Å². The van der Waals surface area contributed by atoms with Crippen molar-refractivity contribution >= 4 is 23.7 Å². The molecule has 0 aromatic carbocycles. The molecule has 14 heavy (non-hydrogen) atoms. The molecule has 0 amide bonds. The van der Waals surface area contributed by atoms with Crippen LogP contribution in [0.1, 0.15) is 22.3 Å². The van der Waals surface area contributed by atoms with E-state index in [1.807, 2.05) is 17.5 Å². The smallest absolute Gasteiger partial charge is 0.151 e. The van der Waals surface area contributed by atoms with Crippen LogP contribution >= 0.6 is 11.3 Å². The van der Waals surface area contributed by atoms with Gasteiger partial charge in [-0.3, -0.25) is 4.79 Å². The maximum Gasteiger partial charge on any atom is 0.151 e. The Labute approximate surface area is 85.5 Å². The number of hydrogen-bond acceptors (Lipinski definition) is 3. The molecule has 0 bridgehead atoms. The molecule has 0 unspecified atom stereocenters. The van der Waals surface area contributed by atoms with Gasteiger partial charge in [0.05, 0.1) is 0 Å². The molecule has 0 aliphatic carbocycles. The molecule has 0 aliphatic heterocycles. The van der Waals surface area contributed by atoms with Gasteiger partial charge in [0.15, 0.2) is 6.29 Å². The Balaban J connectivity index is 2.51. The topological polar surface area (TPSA) is 65.8 Å². The van der Waals surface area contributed by atoms with Gasteiger partial charge in [0.1, 0.15) is 0 Å². The van der Waals surface area contributed by atoms with Crippen LogP contribution in [0.4, 0.5) is 0 Å². The maximum atomic E-state index is 10.5. The van der Waals surface area contributed by atoms with Gasteiger partial charge in [-0.05, 0) is 22.9 Å². The third kappa shape index (κ3) is 3.05. The summed E-state index contributed by atoms with van der Waals surface area (Å²) >= 11 is 1.49. The molecule has 0 radical (unpaired) electrons. The lowest BCUT2D eigenvalue weighted by atomic mass is 10.2. The molecule has 0 aliphatic rings. The number of carbonyl (C=O) groups is 1. The number of rotatable bonds is 5. The van der Waals surface area contributed by atoms with Crippen molar-refractivity contribution in [2.75, 3.05) is 6.54 Å². The molecule has 1 aromatic rings. The quantitative estimate of drug-likeness (QED) is 0.240. The van der Waals surface area contributed by atoms with E-state index in [4.69, 9.17) is 5.53 Å². The molecule has 72 valence electrons. The Bertz CT molecular complexity index is 377. The van der Waals surface area contributed by atoms with E-state index in [1.165, 1.54) is 11.3 Å². The van der Waals surface area contributed by atoms with Crippen LogP contribution < -0.4 is 0 Å². The monoisotopic (exact) mass is 207 g/mol. The molecule has 1 aromatic heterocycles. The molecule has 1 heterocycles. The molecule has 1 rings (SSSR count). The lowest BCUT2D eigenvalue weighted by Gasteiger charge is -1.88. The summed E-state index contributed by atoms with van der Waals surface area (Å²) in [6, 6.07) is 0. The summed E-state index contributed by atoms with van der Waals surface area (Å²) in [5.74, 6) is 0. The second-order valence-electron chi connectivity index (χ2n) is 2.55. The highest BCUT2D eigenvalue weighted by Crippen LogP contribution is 2.14. The van der Waals surface area contributed by atoms with E-state index in [1.54, 1.807) is 5.38 Å². The van der Waals surface area contributed by atoms with Crippen LogP contribution in [0.3, 0.4) is 0 Å². The van der Waals surface area contributed by atoms with Gasteiger partial charge in [-0.2, -0.15) is 11.3 Å². The molecule has 0 atom stereocenters. The van der Waals surface area contributed by atoms with Crippen LogP contribution in [0.5, 0.6) is 0 Å². The van der Waals surface area contributed by atoms with Crippen LogP contribution in [-0.4, -0.2) is 12.8 Å². The van der Waals surface area contributed by atoms with Crippen molar-refractivity contribution in [2.24, 2.45) is 5.11 Å². The van der Waals surface area contributed by atoms with Crippen molar-refractivity contribution in [1.29, 1.82) is 0 Å². The molecule has 0 fully saturated rings. The van der Waals surface area contributed by atoms with Crippen molar-refractivity contribution < 1.29 is 4.79 Å². The van der Waals surface area contributed by atoms with Crippen molar-refractivity contribution in [1.82, 2.24) is 0 Å². The zero-order chi connectivity index (χ0) is 10.2. The number of aldehydes is 1. The zero-order valence-corrected chi connectivity index (χ0v) is 8.28. The summed E-state index contributed by atoms with van der Waals surface area (Å²) in [4.78, 5) is 13.2. The fraction of sp³-hybridized carbons (Fsp3) is 0.222. The summed E-state index contributed by atoms with van der Waals surface area (Å²) < 4.78 is 0. The molecular formula is C9H9N3OS. The molecule has 5 heteroatoms. The van der Waals surface area contributed by atoms with Gasteiger partial charge in [-0.15, -0.1) is 0 Å². The molecular weight excluding hydrogens is 198 g/mol. The Hall–Kier alpha value is -1.58. The van der Waals surface area contributed by atoms with Gasteiger partial charge < -0.3 is 0 Å². The van der Waals surface area contributed by atoms with Crippen molar-refractivity contribution in [2.45, 2.75) is 6.42 Å². The molecule has 0 saturated carbocycles. The average Bonchev–Trinajstić information content (AvgIpc) is 2.65. The minimum absolute atomic E-state index is 0.452. The minimum Gasteiger partial charge on any atom is -0.298 e. The predicted molar refractivity (Wildman–Crippen MR) is 57.4 cm³/mol. The Kier molecular flexibility index (Phi) is 4.47. The summed E-state index contributed by atoms with van der Waals surface area (Å²) in [5, 5.41) is 7.11. The van der Waals surface area contributed by atoms with E-state index >= 15 is 0 Å². The van der Waals surface area contributed by atoms with Gasteiger partial charge in [-0.1, -0.05) is 17.3 Å². The summed E-state index contributed by atoms with van der Waals surface area (Å²) in [6.07, 6.45) is 5.29. The van der Waals surface area contributed by atoms with Gasteiger partial charge in [-0.25, -0.2) is 0 Å². The minimum atomic E-state index is 0.452. The molecule has 0 spiro atoms. The number of carbonyl (C=O) groups excluding carboxylic acids is 1. The van der Waals surface area contributed by atoms with E-state index in [-0.39, 0.29) is 0 Å². The highest BCUT2D eigenvalue weighted by atomic mass is 32.1. The van der Waals surface area contributed by atoms with E-state index in [0.717, 1.165) is 11.8 Å². The van der Waals surface area contributed by atoms with Gasteiger partial charge in [0.25, 0.3) is 0 Å². The Morgan fingerprint density at radius 1 is 1.50 bits per heavy atom. The Morgan fingerprint density at radius 3 is 3.00 bits per heavy atom. The normalized spacial score (nSPS) is 10.0. The largest absolute Gasteiger partial charge is 0.298 e. The summed E-state index contributed by atoms with van der Waals surface area (Å²) in [5.41, 5.74) is 9.65. The number of thiophene rings is 1. The first-order valence-corrected chi connectivity index (χ1v) is 5.01.